The van der Waals surface area contributed by atoms with Crippen LogP contribution in [0.15, 0.2) is 9.59 Å². The molecule has 1 heterocycles. The lowest BCUT2D eigenvalue weighted by Gasteiger charge is -2.24. The maximum Gasteiger partial charge on any atom is 0.330 e. The smallest absolute Gasteiger partial charge is 0.330 e. The van der Waals surface area contributed by atoms with Gasteiger partial charge in [0.25, 0.3) is 5.56 Å². The Morgan fingerprint density at radius 1 is 1.48 bits per heavy atom. The number of aromatic nitrogens is 2. The van der Waals surface area contributed by atoms with Gasteiger partial charge in [0.2, 0.25) is 0 Å². The van der Waals surface area contributed by atoms with E-state index in [-0.39, 0.29) is 24.0 Å². The second-order valence-corrected chi connectivity index (χ2v) is 6.67. The van der Waals surface area contributed by atoms with Gasteiger partial charge in [-0.1, -0.05) is 13.8 Å². The molecule has 0 saturated carbocycles. The van der Waals surface area contributed by atoms with Crippen LogP contribution in [0.2, 0.25) is 0 Å². The van der Waals surface area contributed by atoms with Crippen LogP contribution >= 0.6 is 11.8 Å². The summed E-state index contributed by atoms with van der Waals surface area (Å²) in [5, 5.41) is 13.0. The van der Waals surface area contributed by atoms with E-state index in [1.54, 1.807) is 6.92 Å². The van der Waals surface area contributed by atoms with E-state index < -0.39 is 16.9 Å². The number of nitrogens with two attached hydrogens (primary N) is 1. The highest BCUT2D eigenvalue weighted by Crippen LogP contribution is 2.15. The Kier molecular flexibility index (Phi) is 5.91. The second-order valence-electron chi connectivity index (χ2n) is 5.81. The van der Waals surface area contributed by atoms with Crippen molar-refractivity contribution in [2.75, 3.05) is 29.6 Å². The number of anilines is 2. The van der Waals surface area contributed by atoms with Crippen LogP contribution in [0.5, 0.6) is 0 Å². The summed E-state index contributed by atoms with van der Waals surface area (Å²) in [4.78, 5) is 25.9. The molecule has 1 aromatic heterocycles. The van der Waals surface area contributed by atoms with Crippen molar-refractivity contribution in [3.63, 3.8) is 0 Å². The van der Waals surface area contributed by atoms with Gasteiger partial charge >= 0.3 is 5.69 Å². The van der Waals surface area contributed by atoms with E-state index in [1.807, 2.05) is 20.1 Å². The standard InChI is InChI=1S/C13H24N4O3S/c1-8(2)5-17-10(14)9(11(18)16-12(17)19)15-6-13(3,20)7-21-4/h8,15,20H,5-7,14H2,1-4H3,(H,16,18,19). The Morgan fingerprint density at radius 3 is 2.62 bits per heavy atom. The minimum atomic E-state index is -0.975. The molecule has 1 unspecified atom stereocenters. The molecule has 0 aromatic carbocycles. The van der Waals surface area contributed by atoms with Crippen LogP contribution in [0.4, 0.5) is 11.5 Å². The molecular formula is C13H24N4O3S. The Bertz CT molecular complexity index is 592. The second kappa shape index (κ2) is 7.04. The van der Waals surface area contributed by atoms with Crippen molar-refractivity contribution in [2.24, 2.45) is 5.92 Å². The van der Waals surface area contributed by atoms with E-state index in [2.05, 4.69) is 10.3 Å². The third-order valence-corrected chi connectivity index (χ3v) is 3.80. The van der Waals surface area contributed by atoms with Gasteiger partial charge in [-0.15, -0.1) is 0 Å². The predicted octanol–water partition coefficient (Wildman–Crippen LogP) is 0.301. The molecule has 1 atom stereocenters. The van der Waals surface area contributed by atoms with Crippen LogP contribution in [-0.4, -0.2) is 38.8 Å². The predicted molar refractivity (Wildman–Crippen MR) is 88.1 cm³/mol. The fourth-order valence-corrected chi connectivity index (χ4v) is 2.67. The molecule has 0 saturated heterocycles. The van der Waals surface area contributed by atoms with Gasteiger partial charge in [-0.25, -0.2) is 4.79 Å². The summed E-state index contributed by atoms with van der Waals surface area (Å²) in [5.74, 6) is 0.824. The number of nitrogens with zero attached hydrogens (tertiary/aromatic N) is 1. The molecule has 0 radical (unpaired) electrons. The SMILES string of the molecule is CSCC(C)(O)CNc1c(N)n(CC(C)C)c(=O)[nH]c1=O. The zero-order valence-electron chi connectivity index (χ0n) is 12.9. The van der Waals surface area contributed by atoms with Crippen LogP contribution in [0.3, 0.4) is 0 Å². The third-order valence-electron chi connectivity index (χ3n) is 2.89. The first-order chi connectivity index (χ1) is 9.68. The van der Waals surface area contributed by atoms with Crippen LogP contribution in [0.25, 0.3) is 0 Å². The molecule has 5 N–H and O–H groups in total. The normalized spacial score (nSPS) is 14.2. The molecule has 0 aliphatic rings. The average molecular weight is 316 g/mol. The van der Waals surface area contributed by atoms with E-state index in [0.717, 1.165) is 0 Å². The summed E-state index contributed by atoms with van der Waals surface area (Å²) < 4.78 is 1.33. The van der Waals surface area contributed by atoms with Gasteiger partial charge in [0.15, 0.2) is 0 Å². The van der Waals surface area contributed by atoms with Gasteiger partial charge in [0, 0.05) is 18.8 Å². The number of nitrogens with one attached hydrogen (secondary N) is 2. The molecule has 21 heavy (non-hydrogen) atoms. The van der Waals surface area contributed by atoms with E-state index in [9.17, 15) is 14.7 Å². The Balaban J connectivity index is 3.08. The number of aliphatic hydroxyl groups is 1. The minimum absolute atomic E-state index is 0.0948. The average Bonchev–Trinajstić information content (AvgIpc) is 2.33. The van der Waals surface area contributed by atoms with Gasteiger partial charge in [-0.3, -0.25) is 14.3 Å². The molecule has 120 valence electrons. The van der Waals surface area contributed by atoms with Crippen molar-refractivity contribution in [1.82, 2.24) is 9.55 Å². The van der Waals surface area contributed by atoms with Gasteiger partial charge in [0.05, 0.1) is 5.60 Å². The molecular weight excluding hydrogens is 292 g/mol. The summed E-state index contributed by atoms with van der Waals surface area (Å²) in [6.45, 7) is 6.16. The lowest BCUT2D eigenvalue weighted by atomic mass is 10.1. The summed E-state index contributed by atoms with van der Waals surface area (Å²) in [7, 11) is 0. The number of H-pyrrole nitrogens is 1. The first kappa shape index (κ1) is 17.6. The topological polar surface area (TPSA) is 113 Å². The van der Waals surface area contributed by atoms with Gasteiger partial charge in [-0.05, 0) is 19.1 Å². The maximum atomic E-state index is 11.9. The molecule has 0 bridgehead atoms. The van der Waals surface area contributed by atoms with Gasteiger partial charge in [0.1, 0.15) is 11.5 Å². The number of nitrogen functional groups attached to an aromatic ring is 1. The highest BCUT2D eigenvalue weighted by Gasteiger charge is 2.21. The fourth-order valence-electron chi connectivity index (χ4n) is 1.95. The molecule has 0 amide bonds. The van der Waals surface area contributed by atoms with E-state index in [4.69, 9.17) is 5.73 Å². The van der Waals surface area contributed by atoms with E-state index >= 15 is 0 Å². The lowest BCUT2D eigenvalue weighted by Crippen LogP contribution is -2.40. The van der Waals surface area contributed by atoms with Crippen molar-refractivity contribution in [3.05, 3.63) is 20.8 Å². The molecule has 0 spiro atoms. The van der Waals surface area contributed by atoms with Crippen molar-refractivity contribution in [3.8, 4) is 0 Å². The van der Waals surface area contributed by atoms with Crippen LogP contribution < -0.4 is 22.3 Å². The van der Waals surface area contributed by atoms with Crippen LogP contribution in [0.1, 0.15) is 20.8 Å². The van der Waals surface area contributed by atoms with Crippen molar-refractivity contribution >= 4 is 23.3 Å². The largest absolute Gasteiger partial charge is 0.387 e. The van der Waals surface area contributed by atoms with Crippen molar-refractivity contribution < 1.29 is 5.11 Å². The molecule has 1 aromatic rings. The van der Waals surface area contributed by atoms with Gasteiger partial charge in [-0.2, -0.15) is 11.8 Å². The molecule has 0 aliphatic heterocycles. The highest BCUT2D eigenvalue weighted by molar-refractivity contribution is 7.98. The van der Waals surface area contributed by atoms with Crippen LogP contribution in [0, 0.1) is 5.92 Å². The number of thioether (sulfide) groups is 1. The maximum absolute atomic E-state index is 11.9. The Morgan fingerprint density at radius 2 is 2.10 bits per heavy atom. The fraction of sp³-hybridized carbons (Fsp3) is 0.692. The number of hydrogen-bond acceptors (Lipinski definition) is 6. The quantitative estimate of drug-likeness (QED) is 0.575. The number of rotatable bonds is 7. The monoisotopic (exact) mass is 316 g/mol. The lowest BCUT2D eigenvalue weighted by molar-refractivity contribution is 0.0997. The molecule has 8 heteroatoms. The first-order valence-corrected chi connectivity index (χ1v) is 8.15. The highest BCUT2D eigenvalue weighted by atomic mass is 32.2. The summed E-state index contributed by atoms with van der Waals surface area (Å²) in [6, 6.07) is 0. The summed E-state index contributed by atoms with van der Waals surface area (Å²) in [5.41, 5.74) is 3.98. The molecule has 0 aliphatic carbocycles. The number of hydrogen-bond donors (Lipinski definition) is 4. The Hall–Kier alpha value is -1.41. The zero-order chi connectivity index (χ0) is 16.2. The van der Waals surface area contributed by atoms with E-state index in [0.29, 0.717) is 12.3 Å². The van der Waals surface area contributed by atoms with E-state index in [1.165, 1.54) is 16.3 Å². The minimum Gasteiger partial charge on any atom is -0.387 e. The molecule has 1 rings (SSSR count). The van der Waals surface area contributed by atoms with Crippen molar-refractivity contribution in [2.45, 2.75) is 32.9 Å². The van der Waals surface area contributed by atoms with Crippen molar-refractivity contribution in [1.29, 1.82) is 0 Å². The number of aromatic amines is 1. The summed E-state index contributed by atoms with van der Waals surface area (Å²) >= 11 is 1.50. The molecule has 7 nitrogen and oxygen atoms in total. The zero-order valence-corrected chi connectivity index (χ0v) is 13.7. The van der Waals surface area contributed by atoms with Crippen LogP contribution in [-0.2, 0) is 6.54 Å². The Labute approximate surface area is 127 Å². The molecule has 0 fully saturated rings. The van der Waals surface area contributed by atoms with Gasteiger partial charge < -0.3 is 16.2 Å². The third kappa shape index (κ3) is 4.82. The first-order valence-electron chi connectivity index (χ1n) is 6.75. The summed E-state index contributed by atoms with van der Waals surface area (Å²) in [6.07, 6.45) is 1.89.